The predicted molar refractivity (Wildman–Crippen MR) is 74.7 cm³/mol. The number of rotatable bonds is 4. The van der Waals surface area contributed by atoms with Crippen LogP contribution in [0.4, 0.5) is 5.69 Å². The van der Waals surface area contributed by atoms with Crippen LogP contribution in [0, 0.1) is 17.0 Å². The summed E-state index contributed by atoms with van der Waals surface area (Å²) in [4.78, 5) is 14.5. The number of nitro benzene ring substituents is 1. The molecule has 2 aromatic rings. The molecule has 0 saturated carbocycles. The number of nitrogens with zero attached hydrogens (tertiary/aromatic N) is 2. The summed E-state index contributed by atoms with van der Waals surface area (Å²) >= 11 is 0. The lowest BCUT2D eigenvalue weighted by atomic mass is 10.2. The normalized spacial score (nSPS) is 11.9. The summed E-state index contributed by atoms with van der Waals surface area (Å²) in [5.74, 6) is 1.09. The highest BCUT2D eigenvalue weighted by Gasteiger charge is 2.11. The monoisotopic (exact) mass is 273 g/mol. The molecule has 0 fully saturated rings. The van der Waals surface area contributed by atoms with Gasteiger partial charge in [0.1, 0.15) is 11.5 Å². The van der Waals surface area contributed by atoms with Crippen LogP contribution in [-0.2, 0) is 0 Å². The fourth-order valence-corrected chi connectivity index (χ4v) is 1.75. The third-order valence-electron chi connectivity index (χ3n) is 2.83. The maximum absolute atomic E-state index is 10.7. The molecule has 0 bridgehead atoms. The maximum Gasteiger partial charge on any atom is 0.272 e. The molecule has 6 nitrogen and oxygen atoms in total. The number of benzene rings is 1. The van der Waals surface area contributed by atoms with Gasteiger partial charge in [-0.15, -0.1) is 0 Å². The first-order chi connectivity index (χ1) is 9.47. The number of hydrogen-bond acceptors (Lipinski definition) is 5. The molecule has 0 aliphatic carbocycles. The Morgan fingerprint density at radius 2 is 2.00 bits per heavy atom. The van der Waals surface area contributed by atoms with E-state index in [9.17, 15) is 10.1 Å². The third kappa shape index (κ3) is 3.10. The minimum absolute atomic E-state index is 0.0720. The van der Waals surface area contributed by atoms with Crippen molar-refractivity contribution < 1.29 is 9.66 Å². The molecule has 2 N–H and O–H groups in total. The van der Waals surface area contributed by atoms with E-state index in [1.165, 1.54) is 6.07 Å². The quantitative estimate of drug-likeness (QED) is 0.682. The Balaban J connectivity index is 2.17. The van der Waals surface area contributed by atoms with Gasteiger partial charge in [0.25, 0.3) is 5.69 Å². The average Bonchev–Trinajstić information content (AvgIpc) is 2.39. The van der Waals surface area contributed by atoms with Crippen LogP contribution in [0.3, 0.4) is 0 Å². The number of ether oxygens (including phenoxy) is 1. The second-order valence-corrected chi connectivity index (χ2v) is 4.51. The van der Waals surface area contributed by atoms with E-state index >= 15 is 0 Å². The standard InChI is InChI=1S/C14H15N3O3/c1-9-7-11(4-6-14(9)17(18)19)20-12-3-5-13(10(2)15)16-8-12/h3-8,10H,15H2,1-2H3/t10-/m1/s1. The van der Waals surface area contributed by atoms with Gasteiger partial charge >= 0.3 is 0 Å². The fraction of sp³-hybridized carbons (Fsp3) is 0.214. The summed E-state index contributed by atoms with van der Waals surface area (Å²) in [5, 5.41) is 10.7. The van der Waals surface area contributed by atoms with Crippen molar-refractivity contribution in [1.29, 1.82) is 0 Å². The van der Waals surface area contributed by atoms with Crippen molar-refractivity contribution in [2.24, 2.45) is 5.73 Å². The summed E-state index contributed by atoms with van der Waals surface area (Å²) in [6, 6.07) is 8.03. The molecule has 0 aliphatic heterocycles. The number of nitro groups is 1. The van der Waals surface area contributed by atoms with Gasteiger partial charge in [-0.25, -0.2) is 0 Å². The largest absolute Gasteiger partial charge is 0.456 e. The van der Waals surface area contributed by atoms with Gasteiger partial charge in [0.15, 0.2) is 0 Å². The maximum atomic E-state index is 10.7. The molecule has 0 spiro atoms. The van der Waals surface area contributed by atoms with E-state index in [4.69, 9.17) is 10.5 Å². The molecule has 0 radical (unpaired) electrons. The Morgan fingerprint density at radius 1 is 1.30 bits per heavy atom. The predicted octanol–water partition coefficient (Wildman–Crippen LogP) is 3.11. The molecule has 1 aromatic carbocycles. The van der Waals surface area contributed by atoms with Crippen LogP contribution in [0.25, 0.3) is 0 Å². The smallest absolute Gasteiger partial charge is 0.272 e. The minimum Gasteiger partial charge on any atom is -0.456 e. The van der Waals surface area contributed by atoms with Gasteiger partial charge in [-0.05, 0) is 38.1 Å². The van der Waals surface area contributed by atoms with Crippen LogP contribution < -0.4 is 10.5 Å². The highest BCUT2D eigenvalue weighted by molar-refractivity contribution is 5.45. The minimum atomic E-state index is -0.419. The Bertz CT molecular complexity index is 624. The highest BCUT2D eigenvalue weighted by atomic mass is 16.6. The zero-order valence-corrected chi connectivity index (χ0v) is 11.2. The van der Waals surface area contributed by atoms with Crippen LogP contribution in [0.5, 0.6) is 11.5 Å². The summed E-state index contributed by atoms with van der Waals surface area (Å²) < 4.78 is 5.60. The van der Waals surface area contributed by atoms with Crippen molar-refractivity contribution in [3.8, 4) is 11.5 Å². The van der Waals surface area contributed by atoms with Crippen molar-refractivity contribution in [1.82, 2.24) is 4.98 Å². The van der Waals surface area contributed by atoms with Gasteiger partial charge in [-0.1, -0.05) is 0 Å². The van der Waals surface area contributed by atoms with Gasteiger partial charge in [-0.2, -0.15) is 0 Å². The first-order valence-electron chi connectivity index (χ1n) is 6.12. The topological polar surface area (TPSA) is 91.3 Å². The third-order valence-corrected chi connectivity index (χ3v) is 2.83. The molecule has 20 heavy (non-hydrogen) atoms. The van der Waals surface area contributed by atoms with Crippen LogP contribution >= 0.6 is 0 Å². The first-order valence-corrected chi connectivity index (χ1v) is 6.12. The van der Waals surface area contributed by atoms with Gasteiger partial charge in [0, 0.05) is 17.7 Å². The number of hydrogen-bond donors (Lipinski definition) is 1. The van der Waals surface area contributed by atoms with Crippen molar-refractivity contribution in [3.63, 3.8) is 0 Å². The number of aromatic nitrogens is 1. The Labute approximate surface area is 116 Å². The highest BCUT2D eigenvalue weighted by Crippen LogP contribution is 2.27. The molecular weight excluding hydrogens is 258 g/mol. The Kier molecular flexibility index (Phi) is 3.95. The molecule has 6 heteroatoms. The molecule has 0 unspecified atom stereocenters. The molecule has 0 aliphatic rings. The average molecular weight is 273 g/mol. The molecule has 0 amide bonds. The SMILES string of the molecule is Cc1cc(Oc2ccc([C@@H](C)N)nc2)ccc1[N+](=O)[O-]. The van der Waals surface area contributed by atoms with E-state index in [0.29, 0.717) is 17.1 Å². The van der Waals surface area contributed by atoms with E-state index in [-0.39, 0.29) is 11.7 Å². The number of aryl methyl sites for hydroxylation is 1. The van der Waals surface area contributed by atoms with E-state index in [1.54, 1.807) is 37.4 Å². The van der Waals surface area contributed by atoms with Crippen molar-refractivity contribution in [2.45, 2.75) is 19.9 Å². The van der Waals surface area contributed by atoms with E-state index < -0.39 is 4.92 Å². The zero-order chi connectivity index (χ0) is 14.7. The van der Waals surface area contributed by atoms with Crippen LogP contribution in [0.15, 0.2) is 36.5 Å². The molecule has 104 valence electrons. The molecule has 1 atom stereocenters. The fourth-order valence-electron chi connectivity index (χ4n) is 1.75. The lowest BCUT2D eigenvalue weighted by molar-refractivity contribution is -0.385. The van der Waals surface area contributed by atoms with Crippen LogP contribution in [0.2, 0.25) is 0 Å². The van der Waals surface area contributed by atoms with Gasteiger partial charge in [0.05, 0.1) is 16.8 Å². The van der Waals surface area contributed by atoms with Gasteiger partial charge < -0.3 is 10.5 Å². The molecule has 0 saturated heterocycles. The number of nitrogens with two attached hydrogens (primary N) is 1. The van der Waals surface area contributed by atoms with Gasteiger partial charge in [0.2, 0.25) is 0 Å². The second-order valence-electron chi connectivity index (χ2n) is 4.51. The summed E-state index contributed by atoms with van der Waals surface area (Å²) in [5.41, 5.74) is 7.11. The first kappa shape index (κ1) is 14.0. The second kappa shape index (κ2) is 5.66. The summed E-state index contributed by atoms with van der Waals surface area (Å²) in [6.45, 7) is 3.52. The molecule has 1 aromatic heterocycles. The summed E-state index contributed by atoms with van der Waals surface area (Å²) in [7, 11) is 0. The zero-order valence-electron chi connectivity index (χ0n) is 11.2. The van der Waals surface area contributed by atoms with Crippen molar-refractivity contribution >= 4 is 5.69 Å². The van der Waals surface area contributed by atoms with E-state index in [2.05, 4.69) is 4.98 Å². The van der Waals surface area contributed by atoms with Crippen molar-refractivity contribution in [3.05, 3.63) is 57.9 Å². The molecule has 1 heterocycles. The Hall–Kier alpha value is -2.47. The lowest BCUT2D eigenvalue weighted by Crippen LogP contribution is -2.06. The number of pyridine rings is 1. The van der Waals surface area contributed by atoms with E-state index in [1.807, 2.05) is 6.92 Å². The van der Waals surface area contributed by atoms with Crippen molar-refractivity contribution in [2.75, 3.05) is 0 Å². The van der Waals surface area contributed by atoms with Gasteiger partial charge in [-0.3, -0.25) is 15.1 Å². The molecular formula is C14H15N3O3. The summed E-state index contributed by atoms with van der Waals surface area (Å²) in [6.07, 6.45) is 1.58. The van der Waals surface area contributed by atoms with E-state index in [0.717, 1.165) is 5.69 Å². The lowest BCUT2D eigenvalue weighted by Gasteiger charge is -2.08. The van der Waals surface area contributed by atoms with Crippen LogP contribution in [-0.4, -0.2) is 9.91 Å². The Morgan fingerprint density at radius 3 is 2.50 bits per heavy atom. The molecule has 2 rings (SSSR count). The van der Waals surface area contributed by atoms with Crippen LogP contribution in [0.1, 0.15) is 24.2 Å².